The van der Waals surface area contributed by atoms with Crippen LogP contribution in [0.25, 0.3) is 0 Å². The van der Waals surface area contributed by atoms with Crippen LogP contribution in [0.5, 0.6) is 0 Å². The molecule has 17 heavy (non-hydrogen) atoms. The number of nitrogens with one attached hydrogen (secondary N) is 1. The molecule has 0 saturated heterocycles. The summed E-state index contributed by atoms with van der Waals surface area (Å²) in [6.07, 6.45) is 0.617. The summed E-state index contributed by atoms with van der Waals surface area (Å²) in [5, 5.41) is 3.54. The first-order chi connectivity index (χ1) is 8.04. The van der Waals surface area contributed by atoms with Gasteiger partial charge in [0.05, 0.1) is 16.4 Å². The predicted octanol–water partition coefficient (Wildman–Crippen LogP) is 1.75. The van der Waals surface area contributed by atoms with Crippen LogP contribution in [0.4, 0.5) is 11.4 Å². The van der Waals surface area contributed by atoms with Crippen LogP contribution in [0, 0.1) is 6.92 Å². The third kappa shape index (κ3) is 2.10. The van der Waals surface area contributed by atoms with Crippen LogP contribution in [-0.2, 0) is 4.79 Å². The van der Waals surface area contributed by atoms with E-state index < -0.39 is 0 Å². The average Bonchev–Trinajstić information content (AvgIpc) is 2.22. The minimum atomic E-state index is -0.243. The monoisotopic (exact) mass is 253 g/mol. The van der Waals surface area contributed by atoms with Gasteiger partial charge in [-0.1, -0.05) is 11.6 Å². The first kappa shape index (κ1) is 12.2. The zero-order valence-corrected chi connectivity index (χ0v) is 10.7. The maximum Gasteiger partial charge on any atom is 0.247 e. The number of rotatable bonds is 2. The lowest BCUT2D eigenvalue weighted by atomic mass is 10.0. The zero-order valence-electron chi connectivity index (χ0n) is 9.96. The molecule has 2 rings (SSSR count). The zero-order chi connectivity index (χ0) is 12.6. The fraction of sp³-hybridized carbons (Fsp3) is 0.417. The summed E-state index contributed by atoms with van der Waals surface area (Å²) in [5.74, 6) is -0.0212. The molecule has 1 aromatic rings. The number of nitrogens with two attached hydrogens (primary N) is 1. The minimum Gasteiger partial charge on any atom is -0.360 e. The number of anilines is 2. The number of aryl methyl sites for hydroxylation is 1. The SMILES string of the molecule is Cc1cc(Cl)c2c(c1)NC(=O)C(CCN)N2C. The lowest BCUT2D eigenvalue weighted by molar-refractivity contribution is -0.117. The normalized spacial score (nSPS) is 18.9. The Hall–Kier alpha value is -1.26. The van der Waals surface area contributed by atoms with Crippen molar-refractivity contribution >= 4 is 28.9 Å². The van der Waals surface area contributed by atoms with Crippen LogP contribution < -0.4 is 16.0 Å². The van der Waals surface area contributed by atoms with Crippen LogP contribution in [-0.4, -0.2) is 25.5 Å². The fourth-order valence-corrected chi connectivity index (χ4v) is 2.63. The van der Waals surface area contributed by atoms with Gasteiger partial charge < -0.3 is 16.0 Å². The van der Waals surface area contributed by atoms with Gasteiger partial charge in [-0.05, 0) is 37.6 Å². The molecule has 0 aliphatic carbocycles. The van der Waals surface area contributed by atoms with E-state index in [4.69, 9.17) is 17.3 Å². The smallest absolute Gasteiger partial charge is 0.247 e. The molecule has 3 N–H and O–H groups in total. The standard InChI is InChI=1S/C12H16ClN3O/c1-7-5-8(13)11-9(6-7)15-12(17)10(3-4-14)16(11)2/h5-6,10H,3-4,14H2,1-2H3,(H,15,17). The van der Waals surface area contributed by atoms with E-state index in [1.54, 1.807) is 0 Å². The van der Waals surface area contributed by atoms with Crippen molar-refractivity contribution in [2.45, 2.75) is 19.4 Å². The number of carbonyl (C=O) groups excluding carboxylic acids is 1. The molecule has 1 unspecified atom stereocenters. The van der Waals surface area contributed by atoms with Crippen LogP contribution >= 0.6 is 11.6 Å². The summed E-state index contributed by atoms with van der Waals surface area (Å²) in [7, 11) is 1.87. The number of fused-ring (bicyclic) bond motifs is 1. The minimum absolute atomic E-state index is 0.0212. The number of nitrogens with zero attached hydrogens (tertiary/aromatic N) is 1. The molecule has 0 fully saturated rings. The summed E-state index contributed by atoms with van der Waals surface area (Å²) in [6, 6.07) is 3.58. The second-order valence-electron chi connectivity index (χ2n) is 4.34. The summed E-state index contributed by atoms with van der Waals surface area (Å²) < 4.78 is 0. The van der Waals surface area contributed by atoms with Gasteiger partial charge in [0.25, 0.3) is 0 Å². The molecule has 0 spiro atoms. The van der Waals surface area contributed by atoms with Crippen molar-refractivity contribution in [1.82, 2.24) is 0 Å². The number of amides is 1. The van der Waals surface area contributed by atoms with Gasteiger partial charge in [-0.2, -0.15) is 0 Å². The van der Waals surface area contributed by atoms with Gasteiger partial charge in [-0.3, -0.25) is 4.79 Å². The molecule has 5 heteroatoms. The van der Waals surface area contributed by atoms with Gasteiger partial charge in [-0.25, -0.2) is 0 Å². The highest BCUT2D eigenvalue weighted by Crippen LogP contribution is 2.38. The van der Waals surface area contributed by atoms with E-state index in [0.717, 1.165) is 16.9 Å². The number of carbonyl (C=O) groups is 1. The maximum absolute atomic E-state index is 11.9. The molecule has 4 nitrogen and oxygen atoms in total. The van der Waals surface area contributed by atoms with Crippen molar-refractivity contribution in [3.05, 3.63) is 22.7 Å². The molecule has 1 atom stereocenters. The Balaban J connectivity index is 2.46. The summed E-state index contributed by atoms with van der Waals surface area (Å²) >= 11 is 6.23. The topological polar surface area (TPSA) is 58.4 Å². The third-order valence-electron chi connectivity index (χ3n) is 3.03. The van der Waals surface area contributed by atoms with Gasteiger partial charge in [0.15, 0.2) is 0 Å². The first-order valence-corrected chi connectivity index (χ1v) is 5.96. The van der Waals surface area contributed by atoms with Gasteiger partial charge in [0.1, 0.15) is 6.04 Å². The largest absolute Gasteiger partial charge is 0.360 e. The number of benzene rings is 1. The molecular weight excluding hydrogens is 238 g/mol. The van der Waals surface area contributed by atoms with Crippen molar-refractivity contribution in [2.75, 3.05) is 23.8 Å². The maximum atomic E-state index is 11.9. The number of likely N-dealkylation sites (N-methyl/N-ethyl adjacent to an activating group) is 1. The molecule has 1 aliphatic heterocycles. The number of hydrogen-bond donors (Lipinski definition) is 2. The predicted molar refractivity (Wildman–Crippen MR) is 70.7 cm³/mol. The van der Waals surface area contributed by atoms with E-state index in [1.165, 1.54) is 0 Å². The summed E-state index contributed by atoms with van der Waals surface area (Å²) in [5.41, 5.74) is 8.20. The fourth-order valence-electron chi connectivity index (χ4n) is 2.22. The van der Waals surface area contributed by atoms with E-state index in [0.29, 0.717) is 18.0 Å². The highest BCUT2D eigenvalue weighted by atomic mass is 35.5. The average molecular weight is 254 g/mol. The quantitative estimate of drug-likeness (QED) is 0.844. The number of halogens is 1. The Morgan fingerprint density at radius 3 is 2.88 bits per heavy atom. The highest BCUT2D eigenvalue weighted by molar-refractivity contribution is 6.34. The van der Waals surface area contributed by atoms with Crippen LogP contribution in [0.2, 0.25) is 5.02 Å². The Morgan fingerprint density at radius 2 is 2.24 bits per heavy atom. The van der Waals surface area contributed by atoms with E-state index in [9.17, 15) is 4.79 Å². The molecule has 1 amide bonds. The Kier molecular flexibility index (Phi) is 3.26. The summed E-state index contributed by atoms with van der Waals surface area (Å²) in [4.78, 5) is 13.8. The van der Waals surface area contributed by atoms with Gasteiger partial charge in [0.2, 0.25) is 5.91 Å². The van der Waals surface area contributed by atoms with Crippen molar-refractivity contribution in [2.24, 2.45) is 5.73 Å². The molecule has 0 aromatic heterocycles. The van der Waals surface area contributed by atoms with E-state index >= 15 is 0 Å². The van der Waals surface area contributed by atoms with Crippen molar-refractivity contribution < 1.29 is 4.79 Å². The van der Waals surface area contributed by atoms with E-state index in [1.807, 2.05) is 31.0 Å². The Labute approximate surface area is 106 Å². The highest BCUT2D eigenvalue weighted by Gasteiger charge is 2.31. The molecule has 0 radical (unpaired) electrons. The second-order valence-corrected chi connectivity index (χ2v) is 4.74. The van der Waals surface area contributed by atoms with Crippen LogP contribution in [0.15, 0.2) is 12.1 Å². The molecule has 92 valence electrons. The van der Waals surface area contributed by atoms with Crippen molar-refractivity contribution in [1.29, 1.82) is 0 Å². The molecule has 1 aromatic carbocycles. The molecule has 0 bridgehead atoms. The van der Waals surface area contributed by atoms with Crippen molar-refractivity contribution in [3.63, 3.8) is 0 Å². The Bertz CT molecular complexity index is 461. The van der Waals surface area contributed by atoms with Crippen LogP contribution in [0.3, 0.4) is 0 Å². The van der Waals surface area contributed by atoms with E-state index in [-0.39, 0.29) is 11.9 Å². The third-order valence-corrected chi connectivity index (χ3v) is 3.32. The summed E-state index contributed by atoms with van der Waals surface area (Å²) in [6.45, 7) is 2.42. The second kappa shape index (κ2) is 4.55. The molecule has 0 saturated carbocycles. The lowest BCUT2D eigenvalue weighted by Crippen LogP contribution is -2.47. The van der Waals surface area contributed by atoms with E-state index in [2.05, 4.69) is 5.32 Å². The van der Waals surface area contributed by atoms with Gasteiger partial charge >= 0.3 is 0 Å². The van der Waals surface area contributed by atoms with Gasteiger partial charge in [-0.15, -0.1) is 0 Å². The van der Waals surface area contributed by atoms with Gasteiger partial charge in [0, 0.05) is 7.05 Å². The molecular formula is C12H16ClN3O. The Morgan fingerprint density at radius 1 is 1.53 bits per heavy atom. The molecule has 1 aliphatic rings. The first-order valence-electron chi connectivity index (χ1n) is 5.58. The number of hydrogen-bond acceptors (Lipinski definition) is 3. The molecule has 1 heterocycles. The lowest BCUT2D eigenvalue weighted by Gasteiger charge is -2.36. The van der Waals surface area contributed by atoms with Crippen LogP contribution in [0.1, 0.15) is 12.0 Å². The van der Waals surface area contributed by atoms with Crippen molar-refractivity contribution in [3.8, 4) is 0 Å².